The highest BCUT2D eigenvalue weighted by atomic mass is 16.5. The van der Waals surface area contributed by atoms with Gasteiger partial charge >= 0.3 is 0 Å². The SMILES string of the molecule is COc1ccc2c(c1)CCc1c-2n[nH]c1C(=O)Nc1cc(OC)c(OC)c(OC)c1. The molecule has 4 rings (SSSR count). The molecule has 30 heavy (non-hydrogen) atoms. The highest BCUT2D eigenvalue weighted by molar-refractivity contribution is 6.05. The molecule has 0 radical (unpaired) electrons. The van der Waals surface area contributed by atoms with Crippen molar-refractivity contribution in [1.82, 2.24) is 10.2 Å². The number of carbonyl (C=O) groups excluding carboxylic acids is 1. The van der Waals surface area contributed by atoms with Gasteiger partial charge in [-0.25, -0.2) is 0 Å². The van der Waals surface area contributed by atoms with Crippen LogP contribution in [0.3, 0.4) is 0 Å². The molecule has 1 aliphatic rings. The normalized spacial score (nSPS) is 11.9. The monoisotopic (exact) mass is 409 g/mol. The van der Waals surface area contributed by atoms with E-state index in [9.17, 15) is 4.79 Å². The maximum atomic E-state index is 13.0. The van der Waals surface area contributed by atoms with Crippen molar-refractivity contribution in [3.8, 4) is 34.3 Å². The number of hydrogen-bond donors (Lipinski definition) is 2. The van der Waals surface area contributed by atoms with E-state index in [1.165, 1.54) is 21.3 Å². The van der Waals surface area contributed by atoms with E-state index < -0.39 is 0 Å². The van der Waals surface area contributed by atoms with Crippen LogP contribution in [0.5, 0.6) is 23.0 Å². The molecule has 8 heteroatoms. The smallest absolute Gasteiger partial charge is 0.273 e. The summed E-state index contributed by atoms with van der Waals surface area (Å²) >= 11 is 0. The standard InChI is InChI=1S/C22H23N3O5/c1-27-14-6-8-15-12(9-14)5-7-16-19(15)24-25-20(16)22(26)23-13-10-17(28-2)21(30-4)18(11-13)29-3/h6,8-11H,5,7H2,1-4H3,(H,23,26)(H,24,25). The first kappa shape index (κ1) is 19.6. The minimum Gasteiger partial charge on any atom is -0.497 e. The molecule has 8 nitrogen and oxygen atoms in total. The fraction of sp³-hybridized carbons (Fsp3) is 0.273. The highest BCUT2D eigenvalue weighted by Crippen LogP contribution is 2.40. The molecule has 0 unspecified atom stereocenters. The molecule has 0 aliphatic heterocycles. The average Bonchev–Trinajstić information content (AvgIpc) is 3.22. The molecule has 3 aromatic rings. The highest BCUT2D eigenvalue weighted by Gasteiger charge is 2.26. The maximum Gasteiger partial charge on any atom is 0.273 e. The van der Waals surface area contributed by atoms with E-state index >= 15 is 0 Å². The number of nitrogens with zero attached hydrogens (tertiary/aromatic N) is 1. The second kappa shape index (κ2) is 7.98. The van der Waals surface area contributed by atoms with Crippen LogP contribution >= 0.6 is 0 Å². The number of hydrogen-bond acceptors (Lipinski definition) is 6. The first-order valence-electron chi connectivity index (χ1n) is 9.45. The van der Waals surface area contributed by atoms with Gasteiger partial charge in [0.25, 0.3) is 5.91 Å². The third kappa shape index (κ3) is 3.30. The predicted octanol–water partition coefficient (Wildman–Crippen LogP) is 3.46. The molecular formula is C22H23N3O5. The number of benzene rings is 2. The number of aryl methyl sites for hydroxylation is 1. The molecule has 0 fully saturated rings. The van der Waals surface area contributed by atoms with Crippen molar-refractivity contribution in [3.63, 3.8) is 0 Å². The largest absolute Gasteiger partial charge is 0.497 e. The number of nitrogens with one attached hydrogen (secondary N) is 2. The summed E-state index contributed by atoms with van der Waals surface area (Å²) in [5, 5.41) is 10.2. The summed E-state index contributed by atoms with van der Waals surface area (Å²) in [5.41, 5.74) is 4.84. The summed E-state index contributed by atoms with van der Waals surface area (Å²) < 4.78 is 21.3. The van der Waals surface area contributed by atoms with Gasteiger partial charge in [-0.05, 0) is 36.6 Å². The zero-order valence-electron chi connectivity index (χ0n) is 17.3. The number of carbonyl (C=O) groups is 1. The Morgan fingerprint density at radius 3 is 2.33 bits per heavy atom. The molecule has 1 amide bonds. The van der Waals surface area contributed by atoms with Crippen molar-refractivity contribution in [3.05, 3.63) is 47.2 Å². The maximum absolute atomic E-state index is 13.0. The van der Waals surface area contributed by atoms with Crippen LogP contribution in [0.15, 0.2) is 30.3 Å². The second-order valence-corrected chi connectivity index (χ2v) is 6.82. The summed E-state index contributed by atoms with van der Waals surface area (Å²) in [5.74, 6) is 1.91. The lowest BCUT2D eigenvalue weighted by Gasteiger charge is -2.17. The number of ether oxygens (including phenoxy) is 4. The Bertz CT molecular complexity index is 1080. The van der Waals surface area contributed by atoms with Gasteiger partial charge in [-0.3, -0.25) is 9.89 Å². The molecule has 156 valence electrons. The molecule has 1 aromatic heterocycles. The van der Waals surface area contributed by atoms with Crippen molar-refractivity contribution in [2.75, 3.05) is 33.8 Å². The third-order valence-electron chi connectivity index (χ3n) is 5.23. The van der Waals surface area contributed by atoms with Crippen LogP contribution < -0.4 is 24.3 Å². The molecule has 1 heterocycles. The van der Waals surface area contributed by atoms with Crippen molar-refractivity contribution in [1.29, 1.82) is 0 Å². The quantitative estimate of drug-likeness (QED) is 0.647. The Morgan fingerprint density at radius 2 is 1.70 bits per heavy atom. The molecule has 0 saturated heterocycles. The minimum absolute atomic E-state index is 0.282. The molecule has 0 atom stereocenters. The van der Waals surface area contributed by atoms with Gasteiger partial charge in [0.15, 0.2) is 11.5 Å². The van der Waals surface area contributed by atoms with E-state index in [0.29, 0.717) is 35.1 Å². The predicted molar refractivity (Wildman–Crippen MR) is 112 cm³/mol. The van der Waals surface area contributed by atoms with E-state index in [0.717, 1.165) is 34.6 Å². The Labute approximate surface area is 174 Å². The number of aromatic nitrogens is 2. The molecule has 2 aromatic carbocycles. The van der Waals surface area contributed by atoms with Gasteiger partial charge in [-0.2, -0.15) is 5.10 Å². The average molecular weight is 409 g/mol. The molecule has 1 aliphatic carbocycles. The Kier molecular flexibility index (Phi) is 5.22. The number of anilines is 1. The fourth-order valence-electron chi connectivity index (χ4n) is 3.76. The summed E-state index contributed by atoms with van der Waals surface area (Å²) in [6.07, 6.45) is 1.52. The number of rotatable bonds is 6. The van der Waals surface area contributed by atoms with Crippen LogP contribution in [0.4, 0.5) is 5.69 Å². The first-order valence-corrected chi connectivity index (χ1v) is 9.45. The van der Waals surface area contributed by atoms with Gasteiger partial charge in [0.2, 0.25) is 5.75 Å². The second-order valence-electron chi connectivity index (χ2n) is 6.82. The van der Waals surface area contributed by atoms with Gasteiger partial charge in [-0.1, -0.05) is 0 Å². The summed E-state index contributed by atoms with van der Waals surface area (Å²) in [4.78, 5) is 13.0. The third-order valence-corrected chi connectivity index (χ3v) is 5.23. The Hall–Kier alpha value is -3.68. The van der Waals surface area contributed by atoms with E-state index in [2.05, 4.69) is 15.5 Å². The fourth-order valence-corrected chi connectivity index (χ4v) is 3.76. The topological polar surface area (TPSA) is 94.7 Å². The van der Waals surface area contributed by atoms with Gasteiger partial charge in [-0.15, -0.1) is 0 Å². The lowest BCUT2D eigenvalue weighted by molar-refractivity contribution is 0.102. The minimum atomic E-state index is -0.282. The first-order chi connectivity index (χ1) is 14.6. The van der Waals surface area contributed by atoms with Gasteiger partial charge in [0.1, 0.15) is 11.4 Å². The van der Waals surface area contributed by atoms with Crippen molar-refractivity contribution in [2.45, 2.75) is 12.8 Å². The summed E-state index contributed by atoms with van der Waals surface area (Å²) in [6.45, 7) is 0. The Balaban J connectivity index is 1.64. The van der Waals surface area contributed by atoms with Crippen LogP contribution in [-0.2, 0) is 12.8 Å². The number of fused-ring (bicyclic) bond motifs is 3. The molecule has 0 spiro atoms. The molecular weight excluding hydrogens is 386 g/mol. The zero-order chi connectivity index (χ0) is 21.3. The molecule has 0 bridgehead atoms. The van der Waals surface area contributed by atoms with E-state index in [4.69, 9.17) is 18.9 Å². The van der Waals surface area contributed by atoms with Crippen LogP contribution in [-0.4, -0.2) is 44.5 Å². The van der Waals surface area contributed by atoms with Crippen molar-refractivity contribution >= 4 is 11.6 Å². The zero-order valence-corrected chi connectivity index (χ0v) is 17.3. The lowest BCUT2D eigenvalue weighted by atomic mass is 9.89. The number of aromatic amines is 1. The lowest BCUT2D eigenvalue weighted by Crippen LogP contribution is -2.16. The number of methoxy groups -OCH3 is 4. The van der Waals surface area contributed by atoms with Crippen molar-refractivity contribution < 1.29 is 23.7 Å². The van der Waals surface area contributed by atoms with Gasteiger partial charge < -0.3 is 24.3 Å². The van der Waals surface area contributed by atoms with E-state index in [-0.39, 0.29) is 5.91 Å². The molecule has 0 saturated carbocycles. The molecule has 2 N–H and O–H groups in total. The number of amides is 1. The van der Waals surface area contributed by atoms with Gasteiger partial charge in [0.05, 0.1) is 34.1 Å². The van der Waals surface area contributed by atoms with E-state index in [1.807, 2.05) is 18.2 Å². The Morgan fingerprint density at radius 1 is 0.967 bits per heavy atom. The van der Waals surface area contributed by atoms with Crippen LogP contribution in [0.25, 0.3) is 11.3 Å². The van der Waals surface area contributed by atoms with Gasteiger partial charge in [0, 0.05) is 28.9 Å². The van der Waals surface area contributed by atoms with E-state index in [1.54, 1.807) is 19.2 Å². The summed E-state index contributed by atoms with van der Waals surface area (Å²) in [7, 11) is 6.24. The number of H-pyrrole nitrogens is 1. The van der Waals surface area contributed by atoms with Crippen LogP contribution in [0.1, 0.15) is 21.6 Å². The van der Waals surface area contributed by atoms with Crippen LogP contribution in [0.2, 0.25) is 0 Å². The van der Waals surface area contributed by atoms with Crippen LogP contribution in [0, 0.1) is 0 Å². The van der Waals surface area contributed by atoms with Crippen molar-refractivity contribution in [2.24, 2.45) is 0 Å². The summed E-state index contributed by atoms with van der Waals surface area (Å²) in [6, 6.07) is 9.27.